The normalized spacial score (nSPS) is 14.3. The van der Waals surface area contributed by atoms with Crippen molar-refractivity contribution in [1.82, 2.24) is 31.9 Å². The summed E-state index contributed by atoms with van der Waals surface area (Å²) in [6, 6.07) is 4.77. The second-order valence-corrected chi connectivity index (χ2v) is 16.4. The first kappa shape index (κ1) is 53.9. The fraction of sp³-hybridized carbons (Fsp3) is 0.500. The summed E-state index contributed by atoms with van der Waals surface area (Å²) in [5, 5.41) is 53.0. The number of aromatic hydroxyl groups is 1. The number of carbonyl (C=O) groups excluding carboxylic acids is 7. The molecule has 0 bridgehead atoms. The van der Waals surface area contributed by atoms with Crippen LogP contribution in [-0.2, 0) is 56.0 Å². The average Bonchev–Trinajstić information content (AvgIpc) is 3.24. The summed E-state index contributed by atoms with van der Waals surface area (Å²) >= 11 is 1.31. The molecule has 0 fully saturated rings. The van der Waals surface area contributed by atoms with Gasteiger partial charge in [0.1, 0.15) is 42.0 Å². The number of thioether (sulfide) groups is 1. The van der Waals surface area contributed by atoms with Gasteiger partial charge in [0.05, 0.1) is 12.6 Å². The minimum Gasteiger partial charge on any atom is -0.508 e. The Morgan fingerprint density at radius 3 is 1.59 bits per heavy atom. The molecule has 7 atom stereocenters. The third-order valence-electron chi connectivity index (χ3n) is 9.62. The molecule has 2 aromatic carbocycles. The molecule has 2 aromatic rings. The Morgan fingerprint density at radius 2 is 1.06 bits per heavy atom. The van der Waals surface area contributed by atoms with Crippen molar-refractivity contribution in [3.05, 3.63) is 65.7 Å². The second kappa shape index (κ2) is 27.7. The molecule has 0 unspecified atom stereocenters. The Morgan fingerprint density at radius 1 is 0.594 bits per heavy atom. The summed E-state index contributed by atoms with van der Waals surface area (Å²) in [6.07, 6.45) is 0.0168. The number of aliphatic hydroxyl groups excluding tert-OH is 1. The second-order valence-electron chi connectivity index (χ2n) is 15.4. The quantitative estimate of drug-likeness (QED) is 0.0438. The van der Waals surface area contributed by atoms with E-state index in [9.17, 15) is 58.5 Å². The number of rotatable bonds is 29. The predicted octanol–water partition coefficient (Wildman–Crippen LogP) is -1.58. The van der Waals surface area contributed by atoms with Crippen LogP contribution in [0.1, 0.15) is 63.5 Å². The van der Waals surface area contributed by atoms with Crippen LogP contribution in [0.4, 0.5) is 0 Å². The number of hydrogen-bond donors (Lipinski definition) is 12. The van der Waals surface area contributed by atoms with E-state index in [2.05, 4.69) is 31.9 Å². The van der Waals surface area contributed by atoms with Gasteiger partial charge in [0.25, 0.3) is 0 Å². The third-order valence-corrected chi connectivity index (χ3v) is 10.3. The van der Waals surface area contributed by atoms with E-state index in [1.54, 1.807) is 62.6 Å². The number of carboxylic acids is 2. The molecule has 0 aromatic heterocycles. The number of benzene rings is 2. The highest BCUT2D eigenvalue weighted by Crippen LogP contribution is 2.13. The first-order chi connectivity index (χ1) is 30.2. The standard InChI is InChI=1S/C42H60N8O13S/c1-23(2)19-31(39(59)47-30(42(62)63)14-16-35(54)55)49-41(61)33(22-51)50-38(58)29(17-18-64-3)46-37(57)28(13-15-34(44)53)45-40(60)32(21-24-7-5-4-6-8-24)48-36(56)27(43)20-25-9-11-26(52)12-10-25/h4-12,23,27-33,51-52H,13-22,43H2,1-3H3,(H2,44,53)(H,45,60)(H,46,57)(H,47,59)(H,48,56)(H,49,61)(H,50,58)(H,54,55)(H,62,63)/t27-,28-,29-,30-,31-,32-,33-/m0/s1. The predicted molar refractivity (Wildman–Crippen MR) is 234 cm³/mol. The zero-order valence-corrected chi connectivity index (χ0v) is 36.7. The lowest BCUT2D eigenvalue weighted by Gasteiger charge is -2.27. The van der Waals surface area contributed by atoms with Gasteiger partial charge in [-0.1, -0.05) is 56.3 Å². The van der Waals surface area contributed by atoms with Crippen LogP contribution in [0.25, 0.3) is 0 Å². The molecule has 0 heterocycles. The maximum atomic E-state index is 13.9. The first-order valence-electron chi connectivity index (χ1n) is 20.5. The highest BCUT2D eigenvalue weighted by atomic mass is 32.2. The summed E-state index contributed by atoms with van der Waals surface area (Å²) in [4.78, 5) is 116. The van der Waals surface area contributed by atoms with Crippen LogP contribution in [0.2, 0.25) is 0 Å². The molecule has 0 aliphatic rings. The van der Waals surface area contributed by atoms with Gasteiger partial charge in [0.2, 0.25) is 41.4 Å². The fourth-order valence-corrected chi connectivity index (χ4v) is 6.63. The summed E-state index contributed by atoms with van der Waals surface area (Å²) in [5.74, 6) is -8.90. The van der Waals surface area contributed by atoms with Crippen molar-refractivity contribution in [2.45, 2.75) is 108 Å². The van der Waals surface area contributed by atoms with Gasteiger partial charge in [-0.15, -0.1) is 0 Å². The van der Waals surface area contributed by atoms with E-state index in [0.717, 1.165) is 0 Å². The topological polar surface area (TPSA) is 359 Å². The van der Waals surface area contributed by atoms with Gasteiger partial charge in [-0.25, -0.2) is 4.79 Å². The molecule has 0 aliphatic carbocycles. The van der Waals surface area contributed by atoms with Crippen LogP contribution in [0, 0.1) is 5.92 Å². The number of carbonyl (C=O) groups is 9. The Kier molecular flexibility index (Phi) is 23.3. The van der Waals surface area contributed by atoms with Crippen LogP contribution >= 0.6 is 11.8 Å². The molecule has 7 amide bonds. The van der Waals surface area contributed by atoms with E-state index in [-0.39, 0.29) is 50.2 Å². The van der Waals surface area contributed by atoms with Crippen molar-refractivity contribution < 1.29 is 63.6 Å². The lowest BCUT2D eigenvalue weighted by molar-refractivity contribution is -0.143. The van der Waals surface area contributed by atoms with Crippen LogP contribution in [-0.4, -0.2) is 135 Å². The van der Waals surface area contributed by atoms with Gasteiger partial charge in [-0.3, -0.25) is 38.4 Å². The number of phenolic OH excluding ortho intramolecular Hbond substituents is 1. The lowest BCUT2D eigenvalue weighted by atomic mass is 10.0. The van der Waals surface area contributed by atoms with Crippen molar-refractivity contribution >= 4 is 65.1 Å². The number of amides is 7. The number of nitrogens with two attached hydrogens (primary N) is 2. The van der Waals surface area contributed by atoms with Crippen molar-refractivity contribution in [2.75, 3.05) is 18.6 Å². The highest BCUT2D eigenvalue weighted by molar-refractivity contribution is 7.98. The molecule has 2 rings (SSSR count). The lowest BCUT2D eigenvalue weighted by Crippen LogP contribution is -2.60. The van der Waals surface area contributed by atoms with Gasteiger partial charge in [-0.2, -0.15) is 11.8 Å². The van der Waals surface area contributed by atoms with E-state index in [1.165, 1.54) is 23.9 Å². The molecule has 0 radical (unpaired) electrons. The molecule has 14 N–H and O–H groups in total. The summed E-state index contributed by atoms with van der Waals surface area (Å²) in [7, 11) is 0. The third kappa shape index (κ3) is 19.8. The number of hydrogen-bond acceptors (Lipinski definition) is 13. The minimum absolute atomic E-state index is 0.0117. The molecular formula is C42H60N8O13S. The van der Waals surface area contributed by atoms with Crippen LogP contribution in [0.15, 0.2) is 54.6 Å². The van der Waals surface area contributed by atoms with E-state index >= 15 is 0 Å². The van der Waals surface area contributed by atoms with Crippen LogP contribution in [0.5, 0.6) is 5.75 Å². The van der Waals surface area contributed by atoms with Crippen molar-refractivity contribution in [3.8, 4) is 5.75 Å². The molecule has 0 saturated heterocycles. The zero-order chi connectivity index (χ0) is 47.9. The number of aliphatic hydroxyl groups is 1. The van der Waals surface area contributed by atoms with Crippen LogP contribution in [0.3, 0.4) is 0 Å². The maximum Gasteiger partial charge on any atom is 0.326 e. The van der Waals surface area contributed by atoms with Gasteiger partial charge >= 0.3 is 11.9 Å². The zero-order valence-electron chi connectivity index (χ0n) is 35.9. The molecular weight excluding hydrogens is 857 g/mol. The molecule has 0 aliphatic heterocycles. The largest absolute Gasteiger partial charge is 0.508 e. The van der Waals surface area contributed by atoms with Gasteiger partial charge < -0.3 is 63.8 Å². The highest BCUT2D eigenvalue weighted by Gasteiger charge is 2.34. The van der Waals surface area contributed by atoms with Crippen molar-refractivity contribution in [1.29, 1.82) is 0 Å². The number of aliphatic carboxylic acids is 2. The van der Waals surface area contributed by atoms with Crippen LogP contribution < -0.4 is 43.4 Å². The van der Waals surface area contributed by atoms with Crippen molar-refractivity contribution in [3.63, 3.8) is 0 Å². The molecule has 0 spiro atoms. The smallest absolute Gasteiger partial charge is 0.326 e. The summed E-state index contributed by atoms with van der Waals surface area (Å²) in [6.45, 7) is 2.45. The van der Waals surface area contributed by atoms with Crippen molar-refractivity contribution in [2.24, 2.45) is 17.4 Å². The monoisotopic (exact) mass is 916 g/mol. The number of carboxylic acid groups (broad SMARTS) is 2. The maximum absolute atomic E-state index is 13.9. The number of nitrogens with one attached hydrogen (secondary N) is 6. The Balaban J connectivity index is 2.30. The number of primary amides is 1. The molecule has 64 heavy (non-hydrogen) atoms. The van der Waals surface area contributed by atoms with Gasteiger partial charge in [-0.05, 0) is 73.3 Å². The molecule has 0 saturated carbocycles. The summed E-state index contributed by atoms with van der Waals surface area (Å²) in [5.41, 5.74) is 12.9. The van der Waals surface area contributed by atoms with E-state index in [1.807, 2.05) is 0 Å². The Bertz CT molecular complexity index is 1900. The molecule has 21 nitrogen and oxygen atoms in total. The summed E-state index contributed by atoms with van der Waals surface area (Å²) < 4.78 is 0. The molecule has 352 valence electrons. The Hall–Kier alpha value is -6.26. The fourth-order valence-electron chi connectivity index (χ4n) is 6.16. The molecule has 22 heteroatoms. The van der Waals surface area contributed by atoms with E-state index in [4.69, 9.17) is 16.6 Å². The number of phenols is 1. The average molecular weight is 917 g/mol. The van der Waals surface area contributed by atoms with E-state index < -0.39 is 115 Å². The SMILES string of the molecule is CSCC[C@H](NC(=O)[C@H](CCC(N)=O)NC(=O)[C@H](Cc1ccccc1)NC(=O)[C@@H](N)Cc1ccc(O)cc1)C(=O)N[C@@H](CO)C(=O)N[C@@H](CC(C)C)C(=O)N[C@@H](CCC(=O)O)C(=O)O. The van der Waals surface area contributed by atoms with Gasteiger partial charge in [0.15, 0.2) is 0 Å². The minimum atomic E-state index is -1.68. The first-order valence-corrected chi connectivity index (χ1v) is 21.9. The van der Waals surface area contributed by atoms with E-state index in [0.29, 0.717) is 16.9 Å². The van der Waals surface area contributed by atoms with Gasteiger partial charge in [0, 0.05) is 19.3 Å². The Labute approximate surface area is 374 Å².